The van der Waals surface area contributed by atoms with Crippen LogP contribution in [0.4, 0.5) is 0 Å². The maximum atomic E-state index is 6.25. The minimum absolute atomic E-state index is 0.430. The van der Waals surface area contributed by atoms with E-state index in [1.807, 2.05) is 0 Å². The minimum atomic E-state index is 0.430. The molecule has 6 heterocycles. The Morgan fingerprint density at radius 2 is 1.13 bits per heavy atom. The number of hydrogen-bond acceptors (Lipinski definition) is 4. The highest BCUT2D eigenvalue weighted by Crippen LogP contribution is 2.22. The molecule has 6 saturated heterocycles. The molecule has 4 heteroatoms. The SMILES string of the molecule is C[C@@H]1N[C@@H]2CCCCCCCCOC3CC[C@@H](CCCCCCCCO[C@H]1CC2)NC3. The third kappa shape index (κ3) is 10.5. The van der Waals surface area contributed by atoms with E-state index in [4.69, 9.17) is 9.47 Å². The van der Waals surface area contributed by atoms with Gasteiger partial charge in [-0.25, -0.2) is 0 Å². The predicted molar refractivity (Wildman–Crippen MR) is 131 cm³/mol. The second kappa shape index (κ2) is 15.6. The van der Waals surface area contributed by atoms with Crippen molar-refractivity contribution in [3.05, 3.63) is 0 Å². The number of hydrogen-bond donors (Lipinski definition) is 2. The lowest BCUT2D eigenvalue weighted by Gasteiger charge is -2.35. The molecule has 4 bridgehead atoms. The number of piperidine rings is 2. The summed E-state index contributed by atoms with van der Waals surface area (Å²) in [7, 11) is 0. The summed E-state index contributed by atoms with van der Waals surface area (Å²) in [6, 6.07) is 1.96. The molecule has 0 aromatic heterocycles. The molecule has 0 aromatic carbocycles. The molecule has 1 unspecified atom stereocenters. The van der Waals surface area contributed by atoms with Gasteiger partial charge < -0.3 is 20.1 Å². The van der Waals surface area contributed by atoms with Gasteiger partial charge in [0.2, 0.25) is 0 Å². The van der Waals surface area contributed by atoms with Crippen molar-refractivity contribution in [2.24, 2.45) is 0 Å². The molecule has 6 fully saturated rings. The zero-order chi connectivity index (χ0) is 21.6. The van der Waals surface area contributed by atoms with Crippen LogP contribution < -0.4 is 10.6 Å². The highest BCUT2D eigenvalue weighted by molar-refractivity contribution is 4.85. The van der Waals surface area contributed by atoms with Crippen molar-refractivity contribution in [3.63, 3.8) is 0 Å². The fraction of sp³-hybridized carbons (Fsp3) is 1.00. The van der Waals surface area contributed by atoms with E-state index >= 15 is 0 Å². The maximum Gasteiger partial charge on any atom is 0.0725 e. The predicted octanol–water partition coefficient (Wildman–Crippen LogP) is 6.12. The van der Waals surface area contributed by atoms with E-state index < -0.39 is 0 Å². The second-order valence-electron chi connectivity index (χ2n) is 10.6. The van der Waals surface area contributed by atoms with Crippen molar-refractivity contribution in [2.75, 3.05) is 19.8 Å². The van der Waals surface area contributed by atoms with E-state index in [0.717, 1.165) is 25.8 Å². The lowest BCUT2D eigenvalue weighted by atomic mass is 9.93. The van der Waals surface area contributed by atoms with Crippen molar-refractivity contribution < 1.29 is 9.47 Å². The third-order valence-corrected chi connectivity index (χ3v) is 7.91. The molecule has 0 aromatic rings. The van der Waals surface area contributed by atoms with Crippen LogP contribution in [-0.2, 0) is 9.47 Å². The average Bonchev–Trinajstić information content (AvgIpc) is 2.78. The molecule has 31 heavy (non-hydrogen) atoms. The third-order valence-electron chi connectivity index (χ3n) is 7.91. The summed E-state index contributed by atoms with van der Waals surface area (Å²) in [6.07, 6.45) is 24.9. The van der Waals surface area contributed by atoms with Crippen molar-refractivity contribution in [1.29, 1.82) is 0 Å². The molecule has 0 aliphatic carbocycles. The van der Waals surface area contributed by atoms with Crippen molar-refractivity contribution in [3.8, 4) is 0 Å². The molecule has 0 amide bonds. The van der Waals surface area contributed by atoms with Gasteiger partial charge >= 0.3 is 0 Å². The normalized spacial score (nSPS) is 36.9. The largest absolute Gasteiger partial charge is 0.377 e. The Morgan fingerprint density at radius 1 is 0.548 bits per heavy atom. The highest BCUT2D eigenvalue weighted by Gasteiger charge is 2.27. The molecule has 4 nitrogen and oxygen atoms in total. The number of nitrogens with one attached hydrogen (secondary N) is 2. The Bertz CT molecular complexity index is 439. The van der Waals surface area contributed by atoms with Crippen LogP contribution >= 0.6 is 0 Å². The summed E-state index contributed by atoms with van der Waals surface area (Å²) in [5.41, 5.74) is 0. The van der Waals surface area contributed by atoms with Gasteiger partial charge in [0.15, 0.2) is 0 Å². The van der Waals surface area contributed by atoms with Gasteiger partial charge in [-0.1, -0.05) is 64.2 Å². The molecule has 6 aliphatic rings. The van der Waals surface area contributed by atoms with Crippen LogP contribution in [-0.4, -0.2) is 50.1 Å². The van der Waals surface area contributed by atoms with Crippen LogP contribution in [0.5, 0.6) is 0 Å². The first kappa shape index (κ1) is 25.5. The summed E-state index contributed by atoms with van der Waals surface area (Å²) in [6.45, 7) is 5.31. The van der Waals surface area contributed by atoms with E-state index in [0.29, 0.717) is 24.3 Å². The molecule has 0 spiro atoms. The summed E-state index contributed by atoms with van der Waals surface area (Å²) >= 11 is 0. The van der Waals surface area contributed by atoms with Crippen molar-refractivity contribution >= 4 is 0 Å². The maximum absolute atomic E-state index is 6.25. The van der Waals surface area contributed by atoms with E-state index in [1.54, 1.807) is 0 Å². The van der Waals surface area contributed by atoms with E-state index in [2.05, 4.69) is 17.6 Å². The van der Waals surface area contributed by atoms with Crippen LogP contribution in [0.25, 0.3) is 0 Å². The summed E-state index contributed by atoms with van der Waals surface area (Å²) < 4.78 is 12.4. The fourth-order valence-corrected chi connectivity index (χ4v) is 5.80. The quantitative estimate of drug-likeness (QED) is 0.480. The van der Waals surface area contributed by atoms with Gasteiger partial charge in [-0.05, 0) is 58.3 Å². The van der Waals surface area contributed by atoms with E-state index in [-0.39, 0.29) is 0 Å². The lowest BCUT2D eigenvalue weighted by molar-refractivity contribution is 0.00122. The zero-order valence-corrected chi connectivity index (χ0v) is 20.6. The Morgan fingerprint density at radius 3 is 1.77 bits per heavy atom. The minimum Gasteiger partial charge on any atom is -0.377 e. The van der Waals surface area contributed by atoms with Crippen LogP contribution in [0.2, 0.25) is 0 Å². The molecule has 182 valence electrons. The molecule has 6 aliphatic heterocycles. The molecular formula is C27H52N2O2. The Hall–Kier alpha value is -0.160. The van der Waals surface area contributed by atoms with Crippen molar-refractivity contribution in [2.45, 2.75) is 153 Å². The Balaban J connectivity index is 1.34. The Labute approximate surface area is 193 Å². The van der Waals surface area contributed by atoms with Gasteiger partial charge in [0.25, 0.3) is 0 Å². The average molecular weight is 437 g/mol. The number of rotatable bonds is 0. The molecule has 2 N–H and O–H groups in total. The first-order valence-electron chi connectivity index (χ1n) is 14.0. The van der Waals surface area contributed by atoms with Gasteiger partial charge in [-0.3, -0.25) is 0 Å². The molecule has 5 atom stereocenters. The monoisotopic (exact) mass is 436 g/mol. The summed E-state index contributed by atoms with van der Waals surface area (Å²) in [5, 5.41) is 7.60. The lowest BCUT2D eigenvalue weighted by Crippen LogP contribution is -2.49. The first-order chi connectivity index (χ1) is 15.3. The molecule has 0 radical (unpaired) electrons. The van der Waals surface area contributed by atoms with Crippen LogP contribution in [0.15, 0.2) is 0 Å². The molecular weight excluding hydrogens is 384 g/mol. The fourth-order valence-electron chi connectivity index (χ4n) is 5.80. The summed E-state index contributed by atoms with van der Waals surface area (Å²) in [4.78, 5) is 0. The van der Waals surface area contributed by atoms with Crippen LogP contribution in [0.3, 0.4) is 0 Å². The molecule has 0 saturated carbocycles. The standard InChI is InChI=1S/C27H52N2O2/c1-23-27-19-17-25(29-23)15-11-7-3-4-8-12-20-30-26-18-16-24(28-22-26)14-10-6-2-5-9-13-21-31-27/h23-29H,2-22H2,1H3/t23-,24+,25+,26?,27-/m0/s1. The highest BCUT2D eigenvalue weighted by atomic mass is 16.5. The van der Waals surface area contributed by atoms with E-state index in [9.17, 15) is 0 Å². The smallest absolute Gasteiger partial charge is 0.0725 e. The first-order valence-corrected chi connectivity index (χ1v) is 14.0. The van der Waals surface area contributed by atoms with E-state index in [1.165, 1.54) is 116 Å². The van der Waals surface area contributed by atoms with Crippen LogP contribution in [0.1, 0.15) is 122 Å². The van der Waals surface area contributed by atoms with Gasteiger partial charge in [-0.2, -0.15) is 0 Å². The second-order valence-corrected chi connectivity index (χ2v) is 10.6. The van der Waals surface area contributed by atoms with Gasteiger partial charge in [0.1, 0.15) is 0 Å². The Kier molecular flexibility index (Phi) is 12.8. The summed E-state index contributed by atoms with van der Waals surface area (Å²) in [5.74, 6) is 0. The topological polar surface area (TPSA) is 42.5 Å². The van der Waals surface area contributed by atoms with Gasteiger partial charge in [0, 0.05) is 37.9 Å². The van der Waals surface area contributed by atoms with Gasteiger partial charge in [0.05, 0.1) is 12.2 Å². The zero-order valence-electron chi connectivity index (χ0n) is 20.6. The molecule has 6 rings (SSSR count). The van der Waals surface area contributed by atoms with Crippen molar-refractivity contribution in [1.82, 2.24) is 10.6 Å². The van der Waals surface area contributed by atoms with Gasteiger partial charge in [-0.15, -0.1) is 0 Å². The van der Waals surface area contributed by atoms with Crippen LogP contribution in [0, 0.1) is 0 Å². The number of ether oxygens (including phenoxy) is 2.